The summed E-state index contributed by atoms with van der Waals surface area (Å²) in [5.41, 5.74) is 1.99. The van der Waals surface area contributed by atoms with Crippen molar-refractivity contribution in [1.82, 2.24) is 24.6 Å². The third-order valence-electron chi connectivity index (χ3n) is 5.23. The minimum atomic E-state index is 0.103. The van der Waals surface area contributed by atoms with Crippen molar-refractivity contribution < 1.29 is 4.79 Å². The maximum atomic E-state index is 12.7. The second kappa shape index (κ2) is 6.96. The van der Waals surface area contributed by atoms with Crippen molar-refractivity contribution in [2.24, 2.45) is 5.92 Å². The van der Waals surface area contributed by atoms with Gasteiger partial charge in [-0.1, -0.05) is 0 Å². The van der Waals surface area contributed by atoms with Gasteiger partial charge in [0.1, 0.15) is 5.69 Å². The normalized spacial score (nSPS) is 17.8. The summed E-state index contributed by atoms with van der Waals surface area (Å²) in [7, 11) is 0. The Kier molecular flexibility index (Phi) is 4.53. The first-order valence-electron chi connectivity index (χ1n) is 9.18. The Hall–Kier alpha value is -2.21. The van der Waals surface area contributed by atoms with Gasteiger partial charge < -0.3 is 4.90 Å². The number of rotatable bonds is 7. The van der Waals surface area contributed by atoms with Crippen LogP contribution in [0.3, 0.4) is 0 Å². The lowest BCUT2D eigenvalue weighted by Crippen LogP contribution is -2.61. The van der Waals surface area contributed by atoms with Gasteiger partial charge in [-0.2, -0.15) is 5.10 Å². The molecule has 0 spiro atoms. The van der Waals surface area contributed by atoms with Gasteiger partial charge in [0.25, 0.3) is 5.91 Å². The minimum Gasteiger partial charge on any atom is -0.334 e. The maximum absolute atomic E-state index is 12.7. The number of aryl methyl sites for hydroxylation is 1. The van der Waals surface area contributed by atoms with Gasteiger partial charge in [0.05, 0.1) is 0 Å². The number of likely N-dealkylation sites (tertiary alicyclic amines) is 1. The highest BCUT2D eigenvalue weighted by atomic mass is 16.2. The number of aromatic nitrogens is 3. The number of hydrogen-bond donors (Lipinski definition) is 0. The summed E-state index contributed by atoms with van der Waals surface area (Å²) in [6.45, 7) is 6.44. The molecule has 0 unspecified atom stereocenters. The van der Waals surface area contributed by atoms with E-state index in [-0.39, 0.29) is 5.91 Å². The second-order valence-electron chi connectivity index (χ2n) is 7.12. The van der Waals surface area contributed by atoms with E-state index in [0.717, 1.165) is 38.6 Å². The Bertz CT molecular complexity index is 718. The standard InChI is InChI=1S/C19H25N5O/c1-2-24-18(7-10-21-24)19(25)23-13-17(14-23)22(11-15-3-4-15)12-16-5-8-20-9-6-16/h5-10,15,17H,2-4,11-14H2,1H3. The topological polar surface area (TPSA) is 54.3 Å². The fourth-order valence-corrected chi connectivity index (χ4v) is 3.48. The van der Waals surface area contributed by atoms with Crippen LogP contribution in [-0.4, -0.2) is 56.1 Å². The van der Waals surface area contributed by atoms with Crippen molar-refractivity contribution in [3.05, 3.63) is 48.0 Å². The first-order valence-corrected chi connectivity index (χ1v) is 9.18. The van der Waals surface area contributed by atoms with Gasteiger partial charge in [0, 0.05) is 57.4 Å². The lowest BCUT2D eigenvalue weighted by molar-refractivity contribution is 0.0211. The minimum absolute atomic E-state index is 0.103. The average molecular weight is 339 g/mol. The van der Waals surface area contributed by atoms with Crippen molar-refractivity contribution in [3.63, 3.8) is 0 Å². The molecule has 1 saturated carbocycles. The first-order chi connectivity index (χ1) is 12.2. The molecule has 2 aromatic heterocycles. The summed E-state index contributed by atoms with van der Waals surface area (Å²) in [5.74, 6) is 0.944. The van der Waals surface area contributed by atoms with E-state index in [0.29, 0.717) is 11.7 Å². The van der Waals surface area contributed by atoms with Crippen LogP contribution in [0.2, 0.25) is 0 Å². The van der Waals surface area contributed by atoms with Crippen LogP contribution in [0.5, 0.6) is 0 Å². The number of nitrogens with zero attached hydrogens (tertiary/aromatic N) is 5. The van der Waals surface area contributed by atoms with Crippen LogP contribution in [0.4, 0.5) is 0 Å². The molecule has 2 fully saturated rings. The molecular weight excluding hydrogens is 314 g/mol. The molecule has 0 bridgehead atoms. The average Bonchev–Trinajstić information content (AvgIpc) is 3.27. The molecule has 4 rings (SSSR count). The molecule has 1 aliphatic heterocycles. The number of pyridine rings is 1. The highest BCUT2D eigenvalue weighted by Gasteiger charge is 2.38. The number of hydrogen-bond acceptors (Lipinski definition) is 4. The third-order valence-corrected chi connectivity index (χ3v) is 5.23. The smallest absolute Gasteiger partial charge is 0.272 e. The van der Waals surface area contributed by atoms with Gasteiger partial charge >= 0.3 is 0 Å². The van der Waals surface area contributed by atoms with E-state index in [1.807, 2.05) is 30.3 Å². The number of carbonyl (C=O) groups excluding carboxylic acids is 1. The van der Waals surface area contributed by atoms with Crippen molar-refractivity contribution in [2.45, 2.75) is 38.9 Å². The van der Waals surface area contributed by atoms with Gasteiger partial charge in [-0.25, -0.2) is 0 Å². The molecule has 132 valence electrons. The van der Waals surface area contributed by atoms with E-state index in [9.17, 15) is 4.79 Å². The molecule has 0 N–H and O–H groups in total. The van der Waals surface area contributed by atoms with E-state index in [4.69, 9.17) is 0 Å². The molecule has 2 aliphatic rings. The fraction of sp³-hybridized carbons (Fsp3) is 0.526. The molecule has 1 saturated heterocycles. The van der Waals surface area contributed by atoms with Crippen molar-refractivity contribution in [1.29, 1.82) is 0 Å². The van der Waals surface area contributed by atoms with Crippen molar-refractivity contribution in [2.75, 3.05) is 19.6 Å². The Morgan fingerprint density at radius 3 is 2.64 bits per heavy atom. The largest absolute Gasteiger partial charge is 0.334 e. The quantitative estimate of drug-likeness (QED) is 0.775. The summed E-state index contributed by atoms with van der Waals surface area (Å²) >= 11 is 0. The van der Waals surface area contributed by atoms with E-state index < -0.39 is 0 Å². The third kappa shape index (κ3) is 3.58. The van der Waals surface area contributed by atoms with Crippen LogP contribution in [0, 0.1) is 5.92 Å². The van der Waals surface area contributed by atoms with Gasteiger partial charge in [0.2, 0.25) is 0 Å². The van der Waals surface area contributed by atoms with Crippen LogP contribution in [0.15, 0.2) is 36.8 Å². The number of carbonyl (C=O) groups is 1. The monoisotopic (exact) mass is 339 g/mol. The Balaban J connectivity index is 1.38. The van der Waals surface area contributed by atoms with Crippen LogP contribution < -0.4 is 0 Å². The Morgan fingerprint density at radius 2 is 1.96 bits per heavy atom. The molecule has 1 amide bonds. The Morgan fingerprint density at radius 1 is 1.20 bits per heavy atom. The highest BCUT2D eigenvalue weighted by Crippen LogP contribution is 2.32. The van der Waals surface area contributed by atoms with Gasteiger partial charge in [-0.05, 0) is 49.4 Å². The SMILES string of the molecule is CCn1nccc1C(=O)N1CC(N(Cc2ccncc2)CC2CC2)C1. The molecule has 25 heavy (non-hydrogen) atoms. The fourth-order valence-electron chi connectivity index (χ4n) is 3.48. The van der Waals surface area contributed by atoms with Gasteiger partial charge in [-0.3, -0.25) is 19.4 Å². The van der Waals surface area contributed by atoms with Gasteiger partial charge in [0.15, 0.2) is 0 Å². The van der Waals surface area contributed by atoms with Crippen LogP contribution in [0.25, 0.3) is 0 Å². The zero-order chi connectivity index (χ0) is 17.2. The predicted molar refractivity (Wildman–Crippen MR) is 95.0 cm³/mol. The molecule has 1 aliphatic carbocycles. The molecule has 2 aromatic rings. The molecule has 6 nitrogen and oxygen atoms in total. The van der Waals surface area contributed by atoms with Crippen molar-refractivity contribution in [3.8, 4) is 0 Å². The van der Waals surface area contributed by atoms with E-state index in [2.05, 4.69) is 27.1 Å². The maximum Gasteiger partial charge on any atom is 0.272 e. The molecule has 0 radical (unpaired) electrons. The molecule has 0 aromatic carbocycles. The molecule has 0 atom stereocenters. The summed E-state index contributed by atoms with van der Waals surface area (Å²) in [6.07, 6.45) is 8.10. The summed E-state index contributed by atoms with van der Waals surface area (Å²) in [5, 5.41) is 4.21. The lowest BCUT2D eigenvalue weighted by atomic mass is 10.0. The summed E-state index contributed by atoms with van der Waals surface area (Å²) < 4.78 is 1.77. The van der Waals surface area contributed by atoms with Crippen LogP contribution in [-0.2, 0) is 13.1 Å². The zero-order valence-corrected chi connectivity index (χ0v) is 14.7. The van der Waals surface area contributed by atoms with Gasteiger partial charge in [-0.15, -0.1) is 0 Å². The molecular formula is C19H25N5O. The van der Waals surface area contributed by atoms with Crippen LogP contribution >= 0.6 is 0 Å². The first kappa shape index (κ1) is 16.3. The van der Waals surface area contributed by atoms with E-state index in [1.54, 1.807) is 10.9 Å². The van der Waals surface area contributed by atoms with E-state index >= 15 is 0 Å². The Labute approximate surface area is 148 Å². The molecule has 6 heteroatoms. The summed E-state index contributed by atoms with van der Waals surface area (Å²) in [4.78, 5) is 21.3. The van der Waals surface area contributed by atoms with Crippen LogP contribution in [0.1, 0.15) is 35.8 Å². The van der Waals surface area contributed by atoms with Crippen molar-refractivity contribution >= 4 is 5.91 Å². The number of amides is 1. The molecule has 3 heterocycles. The lowest BCUT2D eigenvalue weighted by Gasteiger charge is -2.45. The highest BCUT2D eigenvalue weighted by molar-refractivity contribution is 5.93. The second-order valence-corrected chi connectivity index (χ2v) is 7.12. The zero-order valence-electron chi connectivity index (χ0n) is 14.7. The predicted octanol–water partition coefficient (Wildman–Crippen LogP) is 2.03. The van der Waals surface area contributed by atoms with E-state index in [1.165, 1.54) is 18.4 Å². The summed E-state index contributed by atoms with van der Waals surface area (Å²) in [6, 6.07) is 6.44.